The topological polar surface area (TPSA) is 70.7 Å². The first-order valence-electron chi connectivity index (χ1n) is 7.58. The highest BCUT2D eigenvalue weighted by Gasteiger charge is 2.22. The summed E-state index contributed by atoms with van der Waals surface area (Å²) in [6, 6.07) is 7.35. The van der Waals surface area contributed by atoms with Crippen molar-refractivity contribution in [2.75, 3.05) is 11.6 Å². The number of hydrogen-bond acceptors (Lipinski definition) is 4. The fourth-order valence-electron chi connectivity index (χ4n) is 2.49. The smallest absolute Gasteiger partial charge is 0.148 e. The van der Waals surface area contributed by atoms with Crippen molar-refractivity contribution in [3.63, 3.8) is 0 Å². The Morgan fingerprint density at radius 2 is 2.04 bits per heavy atom. The molecule has 2 atom stereocenters. The summed E-state index contributed by atoms with van der Waals surface area (Å²) in [6.45, 7) is 1.78. The molecular weight excluding hydrogens is 398 g/mol. The van der Waals surface area contributed by atoms with Gasteiger partial charge in [0.1, 0.15) is 28.5 Å². The van der Waals surface area contributed by atoms with E-state index in [0.29, 0.717) is 32.9 Å². The van der Waals surface area contributed by atoms with Crippen molar-refractivity contribution < 1.29 is 8.60 Å². The van der Waals surface area contributed by atoms with Crippen molar-refractivity contribution in [3.8, 4) is 0 Å². The Morgan fingerprint density at radius 1 is 1.27 bits per heavy atom. The third kappa shape index (κ3) is 4.06. The van der Waals surface area contributed by atoms with Crippen LogP contribution < -0.4 is 5.32 Å². The molecule has 0 aliphatic heterocycles. The number of halogens is 3. The molecule has 0 spiro atoms. The lowest BCUT2D eigenvalue weighted by atomic mass is 10.1. The Bertz CT molecular complexity index is 962. The van der Waals surface area contributed by atoms with Crippen molar-refractivity contribution >= 4 is 39.8 Å². The monoisotopic (exact) mass is 412 g/mol. The van der Waals surface area contributed by atoms with Gasteiger partial charge < -0.3 is 10.3 Å². The maximum Gasteiger partial charge on any atom is 0.148 e. The minimum atomic E-state index is -1.25. The first-order chi connectivity index (χ1) is 12.3. The summed E-state index contributed by atoms with van der Waals surface area (Å²) in [6.07, 6.45) is 3.06. The maximum absolute atomic E-state index is 14.0. The van der Waals surface area contributed by atoms with Crippen LogP contribution in [0.2, 0.25) is 10.0 Å². The molecule has 2 heterocycles. The van der Waals surface area contributed by atoms with Crippen molar-refractivity contribution in [1.29, 1.82) is 0 Å². The van der Waals surface area contributed by atoms with E-state index in [0.717, 1.165) is 0 Å². The highest BCUT2D eigenvalue weighted by Crippen LogP contribution is 2.28. The van der Waals surface area contributed by atoms with Gasteiger partial charge in [0.05, 0.1) is 20.8 Å². The van der Waals surface area contributed by atoms with E-state index in [4.69, 9.17) is 23.2 Å². The lowest BCUT2D eigenvalue weighted by molar-refractivity contribution is 0.624. The lowest BCUT2D eigenvalue weighted by Crippen LogP contribution is -2.15. The molecule has 0 aliphatic rings. The molecule has 0 aliphatic carbocycles. The molecule has 0 radical (unpaired) electrons. The zero-order chi connectivity index (χ0) is 18.8. The fourth-order valence-corrected chi connectivity index (χ4v) is 3.43. The molecule has 0 saturated heterocycles. The molecule has 3 aromatic rings. The molecule has 2 aromatic heterocycles. The van der Waals surface area contributed by atoms with Gasteiger partial charge in [-0.1, -0.05) is 29.3 Å². The summed E-state index contributed by atoms with van der Waals surface area (Å²) in [7, 11) is -1.25. The third-order valence-corrected chi connectivity index (χ3v) is 5.17. The summed E-state index contributed by atoms with van der Waals surface area (Å²) in [5, 5.41) is 4.17. The van der Waals surface area contributed by atoms with Gasteiger partial charge in [-0.2, -0.15) is 0 Å². The predicted octanol–water partition coefficient (Wildman–Crippen LogP) is 4.50. The summed E-state index contributed by atoms with van der Waals surface area (Å²) in [5.74, 6) is 0.483. The number of nitrogens with one attached hydrogen (secondary N) is 2. The highest BCUT2D eigenvalue weighted by atomic mass is 35.5. The van der Waals surface area contributed by atoms with Crippen LogP contribution in [0.5, 0.6) is 0 Å². The molecule has 1 unspecified atom stereocenters. The minimum absolute atomic E-state index is 0.0306. The van der Waals surface area contributed by atoms with Crippen molar-refractivity contribution in [3.05, 3.63) is 69.5 Å². The number of hydrogen-bond donors (Lipinski definition) is 2. The largest absolute Gasteiger partial charge is 0.356 e. The van der Waals surface area contributed by atoms with Gasteiger partial charge in [0.2, 0.25) is 0 Å². The van der Waals surface area contributed by atoms with Gasteiger partial charge in [-0.25, -0.2) is 14.4 Å². The van der Waals surface area contributed by atoms with E-state index in [1.54, 1.807) is 31.4 Å². The van der Waals surface area contributed by atoms with Gasteiger partial charge in [-0.3, -0.25) is 4.21 Å². The van der Waals surface area contributed by atoms with Crippen molar-refractivity contribution in [1.82, 2.24) is 15.0 Å². The van der Waals surface area contributed by atoms with Crippen molar-refractivity contribution in [2.45, 2.75) is 18.0 Å². The Labute approximate surface area is 162 Å². The molecule has 136 valence electrons. The second-order valence-electron chi connectivity index (χ2n) is 5.62. The number of H-pyrrole nitrogens is 1. The van der Waals surface area contributed by atoms with E-state index in [2.05, 4.69) is 20.3 Å². The average Bonchev–Trinajstić information content (AvgIpc) is 2.99. The lowest BCUT2D eigenvalue weighted by Gasteiger charge is -2.18. The highest BCUT2D eigenvalue weighted by molar-refractivity contribution is 7.84. The predicted molar refractivity (Wildman–Crippen MR) is 102 cm³/mol. The molecule has 9 heteroatoms. The number of aryl methyl sites for hydroxylation is 1. The van der Waals surface area contributed by atoms with Crippen LogP contribution >= 0.6 is 23.2 Å². The first-order valence-corrected chi connectivity index (χ1v) is 9.89. The minimum Gasteiger partial charge on any atom is -0.356 e. The zero-order valence-corrected chi connectivity index (χ0v) is 16.2. The Kier molecular flexibility index (Phi) is 5.60. The van der Waals surface area contributed by atoms with Gasteiger partial charge in [0.15, 0.2) is 0 Å². The van der Waals surface area contributed by atoms with Gasteiger partial charge in [0, 0.05) is 18.1 Å². The van der Waals surface area contributed by atoms with Gasteiger partial charge >= 0.3 is 0 Å². The standard InChI is InChI=1S/C17H15Cl2FN4OS/c1-9-17(26(2)25)24-16(22-9)15(10-3-5-12(19)13(20)7-10)23-14-6-4-11(18)8-21-14/h3-8,15H,1-2H3,(H,21,23)(H,22,24)/t15?,26-/m0/s1. The Balaban J connectivity index is 2.05. The number of benzene rings is 1. The van der Waals surface area contributed by atoms with E-state index in [-0.39, 0.29) is 5.02 Å². The van der Waals surface area contributed by atoms with Gasteiger partial charge in [-0.15, -0.1) is 0 Å². The molecule has 5 nitrogen and oxygen atoms in total. The molecule has 0 fully saturated rings. The van der Waals surface area contributed by atoms with Crippen LogP contribution in [-0.2, 0) is 10.8 Å². The van der Waals surface area contributed by atoms with Crippen LogP contribution in [0.15, 0.2) is 41.6 Å². The summed E-state index contributed by atoms with van der Waals surface area (Å²) >= 11 is 11.7. The average molecular weight is 413 g/mol. The molecule has 0 bridgehead atoms. The summed E-state index contributed by atoms with van der Waals surface area (Å²) < 4.78 is 25.8. The van der Waals surface area contributed by atoms with Gasteiger partial charge in [-0.05, 0) is 36.8 Å². The van der Waals surface area contributed by atoms with Crippen LogP contribution in [-0.4, -0.2) is 25.4 Å². The number of aromatic nitrogens is 3. The van der Waals surface area contributed by atoms with Crippen molar-refractivity contribution in [2.24, 2.45) is 0 Å². The van der Waals surface area contributed by atoms with Crippen LogP contribution in [0.4, 0.5) is 10.2 Å². The van der Waals surface area contributed by atoms with E-state index in [1.807, 2.05) is 0 Å². The van der Waals surface area contributed by atoms with Gasteiger partial charge in [0.25, 0.3) is 0 Å². The number of rotatable bonds is 5. The van der Waals surface area contributed by atoms with E-state index in [1.165, 1.54) is 18.3 Å². The molecule has 26 heavy (non-hydrogen) atoms. The zero-order valence-electron chi connectivity index (χ0n) is 13.9. The van der Waals surface area contributed by atoms with Crippen LogP contribution in [0, 0.1) is 12.7 Å². The van der Waals surface area contributed by atoms with Crippen LogP contribution in [0.1, 0.15) is 23.1 Å². The summed E-state index contributed by atoms with van der Waals surface area (Å²) in [5.41, 5.74) is 1.27. The fraction of sp³-hybridized carbons (Fsp3) is 0.176. The molecule has 0 amide bonds. The molecule has 1 aromatic carbocycles. The normalized spacial score (nSPS) is 13.4. The second kappa shape index (κ2) is 7.73. The Hall–Kier alpha value is -1.96. The number of imidazole rings is 1. The second-order valence-corrected chi connectivity index (χ2v) is 7.76. The quantitative estimate of drug-likeness (QED) is 0.646. The first kappa shape index (κ1) is 18.8. The van der Waals surface area contributed by atoms with E-state index < -0.39 is 22.7 Å². The maximum atomic E-state index is 14.0. The Morgan fingerprint density at radius 3 is 2.62 bits per heavy atom. The molecule has 2 N–H and O–H groups in total. The molecular formula is C17H15Cl2FN4OS. The van der Waals surface area contributed by atoms with Crippen LogP contribution in [0.3, 0.4) is 0 Å². The number of anilines is 1. The van der Waals surface area contributed by atoms with E-state index >= 15 is 0 Å². The number of pyridine rings is 1. The SMILES string of the molecule is Cc1[nH]c(C(Nc2ccc(Cl)cn2)c2ccc(Cl)c(F)c2)nc1[S@](C)=O. The third-order valence-electron chi connectivity index (χ3n) is 3.70. The van der Waals surface area contributed by atoms with E-state index in [9.17, 15) is 8.60 Å². The molecule has 0 saturated carbocycles. The summed E-state index contributed by atoms with van der Waals surface area (Å²) in [4.78, 5) is 11.7. The molecule has 3 rings (SSSR count). The van der Waals surface area contributed by atoms with Crippen LogP contribution in [0.25, 0.3) is 0 Å². The number of nitrogens with zero attached hydrogens (tertiary/aromatic N) is 2. The number of aromatic amines is 1.